The Morgan fingerprint density at radius 2 is 0.905 bits per heavy atom. The van der Waals surface area contributed by atoms with Gasteiger partial charge in [-0.25, -0.2) is 0 Å². The molecule has 0 aliphatic heterocycles. The molecule has 7 heteroatoms. The van der Waals surface area contributed by atoms with Crippen LogP contribution in [0.1, 0.15) is 20.7 Å². The molecule has 0 aliphatic carbocycles. The third kappa shape index (κ3) is 7.21. The van der Waals surface area contributed by atoms with Gasteiger partial charge in [-0.15, -0.1) is 0 Å². The van der Waals surface area contributed by atoms with Gasteiger partial charge in [0.05, 0.1) is 11.9 Å². The van der Waals surface area contributed by atoms with Crippen molar-refractivity contribution in [3.63, 3.8) is 0 Å². The van der Waals surface area contributed by atoms with E-state index in [4.69, 9.17) is 10.2 Å². The van der Waals surface area contributed by atoms with Crippen molar-refractivity contribution in [2.24, 2.45) is 0 Å². The van der Waals surface area contributed by atoms with Crippen LogP contribution >= 0.6 is 0 Å². The van der Waals surface area contributed by atoms with E-state index in [1.165, 1.54) is 48.5 Å². The zero-order valence-corrected chi connectivity index (χ0v) is 15.3. The summed E-state index contributed by atoms with van der Waals surface area (Å²) in [5, 5.41) is 37.7. The second-order valence-electron chi connectivity index (χ2n) is 3.67. The number of aromatic hydroxyl groups is 2. The van der Waals surface area contributed by atoms with Crippen LogP contribution in [0.15, 0.2) is 48.5 Å². The number of carboxylic acids is 2. The summed E-state index contributed by atoms with van der Waals surface area (Å²) in [4.78, 5) is 20.2. The van der Waals surface area contributed by atoms with Crippen LogP contribution < -0.4 is 10.2 Å². The van der Waals surface area contributed by atoms with E-state index in [1.807, 2.05) is 0 Å². The molecule has 0 heterocycles. The summed E-state index contributed by atoms with van der Waals surface area (Å²) in [7, 11) is 0. The van der Waals surface area contributed by atoms with Crippen molar-refractivity contribution >= 4 is 60.8 Å². The first kappa shape index (κ1) is 19.6. The van der Waals surface area contributed by atoms with E-state index < -0.39 is 11.9 Å². The van der Waals surface area contributed by atoms with E-state index >= 15 is 0 Å². The largest absolute Gasteiger partial charge is 2.00 e. The van der Waals surface area contributed by atoms with E-state index in [0.29, 0.717) is 0 Å². The van der Waals surface area contributed by atoms with Gasteiger partial charge in [-0.1, -0.05) is 0 Å². The maximum atomic E-state index is 10.1. The molecule has 2 aromatic rings. The summed E-state index contributed by atoms with van der Waals surface area (Å²) in [5.41, 5.74) is 0.135. The maximum absolute atomic E-state index is 10.1. The molecule has 0 unspecified atom stereocenters. The molecule has 0 aliphatic rings. The molecule has 0 bridgehead atoms. The van der Waals surface area contributed by atoms with Gasteiger partial charge in [0.1, 0.15) is 11.5 Å². The minimum atomic E-state index is -1.24. The fourth-order valence-corrected chi connectivity index (χ4v) is 1.20. The van der Waals surface area contributed by atoms with Gasteiger partial charge in [-0.05, 0) is 59.7 Å². The van der Waals surface area contributed by atoms with Gasteiger partial charge in [-0.3, -0.25) is 0 Å². The van der Waals surface area contributed by atoms with Gasteiger partial charge in [-0.2, -0.15) is 0 Å². The van der Waals surface area contributed by atoms with Crippen molar-refractivity contribution in [2.45, 2.75) is 0 Å². The molecule has 21 heavy (non-hydrogen) atoms. The molecule has 2 aromatic carbocycles. The van der Waals surface area contributed by atoms with Crippen LogP contribution in [0.5, 0.6) is 11.5 Å². The Morgan fingerprint density at radius 3 is 1.10 bits per heavy atom. The number of hydrogen-bond acceptors (Lipinski definition) is 6. The number of carbonyl (C=O) groups excluding carboxylic acids is 2. The number of benzene rings is 2. The van der Waals surface area contributed by atoms with Gasteiger partial charge in [0.25, 0.3) is 0 Å². The molecule has 0 fully saturated rings. The van der Waals surface area contributed by atoms with Gasteiger partial charge in [0, 0.05) is 0 Å². The fourth-order valence-electron chi connectivity index (χ4n) is 1.20. The molecular formula is C14H10BaO6. The molecule has 2 rings (SSSR count). The van der Waals surface area contributed by atoms with Gasteiger partial charge in [0.2, 0.25) is 0 Å². The third-order valence-electron chi connectivity index (χ3n) is 2.21. The van der Waals surface area contributed by atoms with Crippen molar-refractivity contribution in [3.05, 3.63) is 59.7 Å². The van der Waals surface area contributed by atoms with E-state index in [0.717, 1.165) is 0 Å². The van der Waals surface area contributed by atoms with E-state index in [2.05, 4.69) is 0 Å². The van der Waals surface area contributed by atoms with Crippen LogP contribution in [0.25, 0.3) is 0 Å². The molecule has 104 valence electrons. The number of phenolic OH excluding ortho intramolecular Hbond substituents is 2. The van der Waals surface area contributed by atoms with Gasteiger partial charge >= 0.3 is 48.9 Å². The Balaban J connectivity index is 0.000000364. The van der Waals surface area contributed by atoms with Crippen molar-refractivity contribution < 1.29 is 30.0 Å². The normalized spacial score (nSPS) is 8.76. The molecule has 2 N–H and O–H groups in total. The summed E-state index contributed by atoms with van der Waals surface area (Å²) in [6.07, 6.45) is 0. The SMILES string of the molecule is O=C([O-])c1ccc(O)cc1.O=C([O-])c1ccc(O)cc1.[Ba+2]. The first-order valence-corrected chi connectivity index (χ1v) is 5.41. The quantitative estimate of drug-likeness (QED) is 0.620. The Kier molecular flexibility index (Phi) is 8.83. The van der Waals surface area contributed by atoms with E-state index in [1.54, 1.807) is 0 Å². The minimum absolute atomic E-state index is 0. The van der Waals surface area contributed by atoms with Gasteiger partial charge in [0.15, 0.2) is 0 Å². The molecule has 0 spiro atoms. The zero-order chi connectivity index (χ0) is 15.1. The Hall–Kier alpha value is -1.45. The van der Waals surface area contributed by atoms with Crippen LogP contribution in [0.4, 0.5) is 0 Å². The van der Waals surface area contributed by atoms with E-state index in [9.17, 15) is 19.8 Å². The zero-order valence-electron chi connectivity index (χ0n) is 10.9. The standard InChI is InChI=1S/2C7H6O3.Ba/c2*8-6-3-1-5(2-4-6)7(9)10;/h2*1-4,8H,(H,9,10);/q;;+2/p-2. The van der Waals surface area contributed by atoms with Crippen molar-refractivity contribution in [1.29, 1.82) is 0 Å². The average molecular weight is 412 g/mol. The number of rotatable bonds is 2. The summed E-state index contributed by atoms with van der Waals surface area (Å²) in [6.45, 7) is 0. The minimum Gasteiger partial charge on any atom is -0.545 e. The summed E-state index contributed by atoms with van der Waals surface area (Å²) in [6, 6.07) is 10.3. The maximum Gasteiger partial charge on any atom is 2.00 e. The predicted molar refractivity (Wildman–Crippen MR) is 70.6 cm³/mol. The Bertz CT molecular complexity index is 536. The molecule has 0 saturated heterocycles. The number of carboxylic acid groups (broad SMARTS) is 2. The van der Waals surface area contributed by atoms with Crippen molar-refractivity contribution in [1.82, 2.24) is 0 Å². The first-order valence-electron chi connectivity index (χ1n) is 5.41. The Morgan fingerprint density at radius 1 is 0.667 bits per heavy atom. The van der Waals surface area contributed by atoms with Crippen LogP contribution in [0.3, 0.4) is 0 Å². The predicted octanol–water partition coefficient (Wildman–Crippen LogP) is -0.869. The van der Waals surface area contributed by atoms with Crippen LogP contribution in [-0.4, -0.2) is 71.0 Å². The number of carbonyl (C=O) groups is 2. The van der Waals surface area contributed by atoms with E-state index in [-0.39, 0.29) is 71.5 Å². The molecule has 0 amide bonds. The van der Waals surface area contributed by atoms with Crippen LogP contribution in [0, 0.1) is 0 Å². The molecular weight excluding hydrogens is 401 g/mol. The fraction of sp³-hybridized carbons (Fsp3) is 0. The van der Waals surface area contributed by atoms with Crippen LogP contribution in [0.2, 0.25) is 0 Å². The molecule has 0 aromatic heterocycles. The first-order chi connectivity index (χ1) is 9.40. The summed E-state index contributed by atoms with van der Waals surface area (Å²) in [5.74, 6) is -2.38. The van der Waals surface area contributed by atoms with Crippen LogP contribution in [-0.2, 0) is 0 Å². The second kappa shape index (κ2) is 9.48. The molecule has 0 atom stereocenters. The molecule has 0 saturated carbocycles. The average Bonchev–Trinajstić information content (AvgIpc) is 2.40. The number of hydrogen-bond donors (Lipinski definition) is 2. The van der Waals surface area contributed by atoms with Crippen molar-refractivity contribution in [2.75, 3.05) is 0 Å². The third-order valence-corrected chi connectivity index (χ3v) is 2.21. The molecule has 0 radical (unpaired) electrons. The monoisotopic (exact) mass is 412 g/mol. The Labute approximate surface area is 160 Å². The number of phenols is 2. The number of aromatic carboxylic acids is 2. The smallest absolute Gasteiger partial charge is 0.545 e. The topological polar surface area (TPSA) is 121 Å². The van der Waals surface area contributed by atoms with Gasteiger partial charge < -0.3 is 30.0 Å². The molecule has 6 nitrogen and oxygen atoms in total. The van der Waals surface area contributed by atoms with Crippen molar-refractivity contribution in [3.8, 4) is 11.5 Å². The summed E-state index contributed by atoms with van der Waals surface area (Å²) < 4.78 is 0. The summed E-state index contributed by atoms with van der Waals surface area (Å²) >= 11 is 0. The second-order valence-corrected chi connectivity index (χ2v) is 3.67.